The lowest BCUT2D eigenvalue weighted by molar-refractivity contribution is 1.38. The summed E-state index contributed by atoms with van der Waals surface area (Å²) in [5.41, 5.74) is 10.8. The third-order valence-corrected chi connectivity index (χ3v) is 3.77. The molecule has 3 nitrogen and oxygen atoms in total. The summed E-state index contributed by atoms with van der Waals surface area (Å²) in [4.78, 5) is 4.59. The number of hydrogen-bond donors (Lipinski definition) is 2. The third-order valence-electron chi connectivity index (χ3n) is 3.01. The average molecular weight is 281 g/mol. The van der Waals surface area contributed by atoms with E-state index in [1.54, 1.807) is 11.3 Å². The van der Waals surface area contributed by atoms with Gasteiger partial charge in [-0.05, 0) is 31.2 Å². The van der Waals surface area contributed by atoms with E-state index in [2.05, 4.69) is 41.5 Å². The summed E-state index contributed by atoms with van der Waals surface area (Å²) in [5.74, 6) is 0. The number of aromatic nitrogens is 1. The molecule has 0 spiro atoms. The Labute approximate surface area is 122 Å². The van der Waals surface area contributed by atoms with Crippen molar-refractivity contribution in [3.8, 4) is 11.3 Å². The molecule has 1 aromatic heterocycles. The van der Waals surface area contributed by atoms with Crippen LogP contribution in [0.4, 0.5) is 16.5 Å². The molecule has 0 atom stereocenters. The first kappa shape index (κ1) is 12.7. The molecule has 20 heavy (non-hydrogen) atoms. The summed E-state index contributed by atoms with van der Waals surface area (Å²) in [6, 6.07) is 16.0. The number of anilines is 3. The van der Waals surface area contributed by atoms with Crippen molar-refractivity contribution in [1.29, 1.82) is 0 Å². The average Bonchev–Trinajstić information content (AvgIpc) is 2.91. The molecular weight excluding hydrogens is 266 g/mol. The summed E-state index contributed by atoms with van der Waals surface area (Å²) in [7, 11) is 0. The zero-order valence-electron chi connectivity index (χ0n) is 11.1. The van der Waals surface area contributed by atoms with Gasteiger partial charge in [0, 0.05) is 22.3 Å². The first-order valence-electron chi connectivity index (χ1n) is 6.36. The van der Waals surface area contributed by atoms with E-state index >= 15 is 0 Å². The van der Waals surface area contributed by atoms with Crippen molar-refractivity contribution in [2.45, 2.75) is 6.92 Å². The van der Waals surface area contributed by atoms with Crippen molar-refractivity contribution in [3.63, 3.8) is 0 Å². The highest BCUT2D eigenvalue weighted by Gasteiger charge is 2.04. The molecular formula is C16H15N3S. The molecule has 2 aromatic carbocycles. The first-order chi connectivity index (χ1) is 9.70. The second kappa shape index (κ2) is 5.35. The fourth-order valence-corrected chi connectivity index (χ4v) is 2.62. The van der Waals surface area contributed by atoms with Gasteiger partial charge >= 0.3 is 0 Å². The topological polar surface area (TPSA) is 50.9 Å². The molecule has 0 saturated heterocycles. The highest BCUT2D eigenvalue weighted by molar-refractivity contribution is 7.14. The molecule has 0 bridgehead atoms. The minimum atomic E-state index is 0.766. The Morgan fingerprint density at radius 2 is 1.70 bits per heavy atom. The Morgan fingerprint density at radius 3 is 2.40 bits per heavy atom. The van der Waals surface area contributed by atoms with Gasteiger partial charge in [-0.25, -0.2) is 4.98 Å². The maximum atomic E-state index is 5.69. The summed E-state index contributed by atoms with van der Waals surface area (Å²) < 4.78 is 0. The van der Waals surface area contributed by atoms with Gasteiger partial charge in [-0.1, -0.05) is 29.8 Å². The Kier molecular flexibility index (Phi) is 3.39. The van der Waals surface area contributed by atoms with Crippen molar-refractivity contribution < 1.29 is 0 Å². The summed E-state index contributed by atoms with van der Waals surface area (Å²) >= 11 is 1.59. The maximum absolute atomic E-state index is 5.69. The predicted octanol–water partition coefficient (Wildman–Crippen LogP) is 4.44. The molecule has 0 aliphatic heterocycles. The van der Waals surface area contributed by atoms with Crippen LogP contribution in [0.5, 0.6) is 0 Å². The van der Waals surface area contributed by atoms with Crippen molar-refractivity contribution in [2.24, 2.45) is 0 Å². The van der Waals surface area contributed by atoms with Gasteiger partial charge in [-0.15, -0.1) is 11.3 Å². The number of aryl methyl sites for hydroxylation is 1. The minimum absolute atomic E-state index is 0.766. The quantitative estimate of drug-likeness (QED) is 0.698. The number of nitrogens with zero attached hydrogens (tertiary/aromatic N) is 1. The van der Waals surface area contributed by atoms with Gasteiger partial charge in [0.05, 0.1) is 5.69 Å². The van der Waals surface area contributed by atoms with E-state index in [0.29, 0.717) is 0 Å². The van der Waals surface area contributed by atoms with Crippen LogP contribution in [0, 0.1) is 6.92 Å². The van der Waals surface area contributed by atoms with Crippen LogP contribution in [0.25, 0.3) is 11.3 Å². The second-order valence-corrected chi connectivity index (χ2v) is 5.51. The van der Waals surface area contributed by atoms with E-state index in [9.17, 15) is 0 Å². The highest BCUT2D eigenvalue weighted by Crippen LogP contribution is 2.27. The number of nitrogens with two attached hydrogens (primary N) is 1. The van der Waals surface area contributed by atoms with Gasteiger partial charge in [-0.2, -0.15) is 0 Å². The van der Waals surface area contributed by atoms with Crippen LogP contribution in [0.15, 0.2) is 53.9 Å². The van der Waals surface area contributed by atoms with Crippen LogP contribution < -0.4 is 11.1 Å². The molecule has 0 amide bonds. The fourth-order valence-electron chi connectivity index (χ4n) is 1.88. The zero-order valence-corrected chi connectivity index (χ0v) is 11.9. The van der Waals surface area contributed by atoms with Crippen LogP contribution in [0.2, 0.25) is 0 Å². The molecule has 0 unspecified atom stereocenters. The van der Waals surface area contributed by atoms with Crippen molar-refractivity contribution in [1.82, 2.24) is 4.98 Å². The van der Waals surface area contributed by atoms with E-state index in [0.717, 1.165) is 27.8 Å². The molecule has 0 aliphatic rings. The zero-order chi connectivity index (χ0) is 13.9. The number of rotatable bonds is 3. The molecule has 3 rings (SSSR count). The van der Waals surface area contributed by atoms with Crippen LogP contribution in [-0.2, 0) is 0 Å². The molecule has 0 saturated carbocycles. The van der Waals surface area contributed by atoms with Gasteiger partial charge in [0.25, 0.3) is 0 Å². The Balaban J connectivity index is 1.80. The number of hydrogen-bond acceptors (Lipinski definition) is 4. The van der Waals surface area contributed by atoms with Crippen molar-refractivity contribution in [3.05, 3.63) is 59.5 Å². The van der Waals surface area contributed by atoms with Crippen LogP contribution in [0.3, 0.4) is 0 Å². The van der Waals surface area contributed by atoms with Gasteiger partial charge in [0.15, 0.2) is 5.13 Å². The standard InChI is InChI=1S/C16H15N3S/c1-11-2-8-14(9-3-11)18-16-19-15(10-20-16)12-4-6-13(17)7-5-12/h2-10H,17H2,1H3,(H,18,19). The van der Waals surface area contributed by atoms with Gasteiger partial charge in [0.1, 0.15) is 0 Å². The van der Waals surface area contributed by atoms with Crippen LogP contribution in [0.1, 0.15) is 5.56 Å². The van der Waals surface area contributed by atoms with E-state index in [1.807, 2.05) is 29.6 Å². The van der Waals surface area contributed by atoms with Crippen LogP contribution >= 0.6 is 11.3 Å². The molecule has 0 radical (unpaired) electrons. The van der Waals surface area contributed by atoms with Crippen molar-refractivity contribution >= 4 is 27.8 Å². The third kappa shape index (κ3) is 2.81. The molecule has 100 valence electrons. The van der Waals surface area contributed by atoms with Crippen LogP contribution in [-0.4, -0.2) is 4.98 Å². The minimum Gasteiger partial charge on any atom is -0.399 e. The molecule has 3 aromatic rings. The molecule has 1 heterocycles. The lowest BCUT2D eigenvalue weighted by Gasteiger charge is -2.02. The Bertz CT molecular complexity index is 699. The number of thiazole rings is 1. The first-order valence-corrected chi connectivity index (χ1v) is 7.24. The molecule has 0 aliphatic carbocycles. The SMILES string of the molecule is Cc1ccc(Nc2nc(-c3ccc(N)cc3)cs2)cc1. The smallest absolute Gasteiger partial charge is 0.187 e. The second-order valence-electron chi connectivity index (χ2n) is 4.65. The number of nitrogen functional groups attached to an aromatic ring is 1. The fraction of sp³-hybridized carbons (Fsp3) is 0.0625. The number of benzene rings is 2. The van der Waals surface area contributed by atoms with Crippen molar-refractivity contribution in [2.75, 3.05) is 11.1 Å². The molecule has 0 fully saturated rings. The van der Waals surface area contributed by atoms with Gasteiger partial charge in [-0.3, -0.25) is 0 Å². The monoisotopic (exact) mass is 281 g/mol. The van der Waals surface area contributed by atoms with Gasteiger partial charge < -0.3 is 11.1 Å². The van der Waals surface area contributed by atoms with E-state index in [4.69, 9.17) is 5.73 Å². The lowest BCUT2D eigenvalue weighted by Crippen LogP contribution is -1.89. The normalized spacial score (nSPS) is 10.4. The molecule has 3 N–H and O–H groups in total. The Hall–Kier alpha value is -2.33. The summed E-state index contributed by atoms with van der Waals surface area (Å²) in [5, 5.41) is 6.25. The molecule has 4 heteroatoms. The number of nitrogens with one attached hydrogen (secondary N) is 1. The van der Waals surface area contributed by atoms with Gasteiger partial charge in [0.2, 0.25) is 0 Å². The maximum Gasteiger partial charge on any atom is 0.187 e. The lowest BCUT2D eigenvalue weighted by atomic mass is 10.1. The van der Waals surface area contributed by atoms with E-state index < -0.39 is 0 Å². The Morgan fingerprint density at radius 1 is 1.00 bits per heavy atom. The summed E-state index contributed by atoms with van der Waals surface area (Å²) in [6.45, 7) is 2.08. The van der Waals surface area contributed by atoms with E-state index in [-0.39, 0.29) is 0 Å². The largest absolute Gasteiger partial charge is 0.399 e. The van der Waals surface area contributed by atoms with E-state index in [1.165, 1.54) is 5.56 Å². The highest BCUT2D eigenvalue weighted by atomic mass is 32.1. The summed E-state index contributed by atoms with van der Waals surface area (Å²) in [6.07, 6.45) is 0. The predicted molar refractivity (Wildman–Crippen MR) is 86.4 cm³/mol.